The van der Waals surface area contributed by atoms with E-state index < -0.39 is 77.5 Å². The molecule has 0 fully saturated rings. The van der Waals surface area contributed by atoms with Crippen molar-refractivity contribution in [3.8, 4) is 0 Å². The molecule has 0 radical (unpaired) electrons. The minimum absolute atomic E-state index is 0.365. The van der Waals surface area contributed by atoms with E-state index in [2.05, 4.69) is 0 Å². The number of aliphatic hydroxyl groups is 3. The SMILES string of the molecule is O=C(O)C(F)(F)C(F)(F)C(F)(F)C(F)(F)C(F)(F)C(F)(F)C(F)(F)C(F)(F)C(F)(F)C(F)(F)C(F)(F)F.OCC(O)CO. The second kappa shape index (κ2) is 11.6. The van der Waals surface area contributed by atoms with Crippen LogP contribution in [0.15, 0.2) is 0 Å². The summed E-state index contributed by atoms with van der Waals surface area (Å²) in [6.45, 7) is -0.729. The minimum atomic E-state index is -9.50. The van der Waals surface area contributed by atoms with Crippen LogP contribution in [-0.4, -0.2) is 111 Å². The minimum Gasteiger partial charge on any atom is -0.477 e. The third-order valence-electron chi connectivity index (χ3n) is 4.60. The monoisotopic (exact) mass is 706 g/mol. The van der Waals surface area contributed by atoms with Crippen LogP contribution < -0.4 is 0 Å². The maximum Gasteiger partial charge on any atom is 0.460 e. The molecule has 0 aromatic carbocycles. The summed E-state index contributed by atoms with van der Waals surface area (Å²) in [5.74, 6) is -94.6. The van der Waals surface area contributed by atoms with Gasteiger partial charge in [0.2, 0.25) is 0 Å². The first-order valence-corrected chi connectivity index (χ1v) is 9.23. The molecule has 0 amide bonds. The number of carboxylic acids is 1. The van der Waals surface area contributed by atoms with E-state index in [9.17, 15) is 106 Å². The van der Waals surface area contributed by atoms with Crippen LogP contribution in [0.25, 0.3) is 0 Å². The Bertz CT molecular complexity index is 967. The zero-order valence-electron chi connectivity index (χ0n) is 18.9. The van der Waals surface area contributed by atoms with Gasteiger partial charge < -0.3 is 20.4 Å². The number of aliphatic carboxylic acids is 1. The van der Waals surface area contributed by atoms with Crippen LogP contribution >= 0.6 is 0 Å². The van der Waals surface area contributed by atoms with Gasteiger partial charge in [-0.2, -0.15) is 101 Å². The Morgan fingerprint density at radius 3 is 0.744 bits per heavy atom. The van der Waals surface area contributed by atoms with Gasteiger partial charge in [-0.15, -0.1) is 0 Å². The van der Waals surface area contributed by atoms with Gasteiger partial charge in [-0.1, -0.05) is 0 Å². The smallest absolute Gasteiger partial charge is 0.460 e. The van der Waals surface area contributed by atoms with E-state index in [1.165, 1.54) is 0 Å². The van der Waals surface area contributed by atoms with E-state index in [0.29, 0.717) is 0 Å². The van der Waals surface area contributed by atoms with Gasteiger partial charge in [0.1, 0.15) is 6.10 Å². The lowest BCUT2D eigenvalue weighted by atomic mass is 9.85. The van der Waals surface area contributed by atoms with E-state index in [-0.39, 0.29) is 13.2 Å². The molecule has 43 heavy (non-hydrogen) atoms. The van der Waals surface area contributed by atoms with E-state index in [4.69, 9.17) is 20.4 Å². The van der Waals surface area contributed by atoms with Gasteiger partial charge >= 0.3 is 71.4 Å². The van der Waals surface area contributed by atoms with Gasteiger partial charge in [-0.25, -0.2) is 4.79 Å². The number of halogens is 23. The molecule has 0 aromatic rings. The summed E-state index contributed by atoms with van der Waals surface area (Å²) in [4.78, 5) is 9.85. The Kier molecular flexibility index (Phi) is 11.6. The average Bonchev–Trinajstić information content (AvgIpc) is 2.81. The summed E-state index contributed by atoms with van der Waals surface area (Å²) in [7, 11) is 0. The van der Waals surface area contributed by atoms with E-state index in [0.717, 1.165) is 0 Å². The van der Waals surface area contributed by atoms with Crippen LogP contribution in [0.1, 0.15) is 0 Å². The molecule has 0 unspecified atom stereocenters. The van der Waals surface area contributed by atoms with Crippen LogP contribution in [-0.2, 0) is 4.79 Å². The highest BCUT2D eigenvalue weighted by molar-refractivity contribution is 5.77. The number of hydrogen-bond donors (Lipinski definition) is 4. The van der Waals surface area contributed by atoms with Crippen molar-refractivity contribution in [2.24, 2.45) is 0 Å². The number of rotatable bonds is 12. The number of carbonyl (C=O) groups is 1. The van der Waals surface area contributed by atoms with Crippen molar-refractivity contribution in [1.29, 1.82) is 0 Å². The molecular formula is C15H9F23O5. The Balaban J connectivity index is 0. The molecule has 0 spiro atoms. The summed E-state index contributed by atoms with van der Waals surface area (Å²) < 4.78 is 298. The van der Waals surface area contributed by atoms with Crippen LogP contribution in [0, 0.1) is 0 Å². The molecule has 0 bridgehead atoms. The Morgan fingerprint density at radius 1 is 0.419 bits per heavy atom. The standard InChI is InChI=1S/C12HF23O2.C3H8O3/c13-2(14,1(36)37)3(15,16)4(17,18)5(19,20)6(21,22)7(23,24)8(25,26)9(27,28)10(29,30)11(31,32)12(33,34)35;4-1-3(6)2-5/h(H,36,37);3-6H,1-2H2. The molecule has 0 aliphatic rings. The fourth-order valence-corrected chi connectivity index (χ4v) is 1.95. The molecule has 5 nitrogen and oxygen atoms in total. The average molecular weight is 706 g/mol. The molecule has 0 atom stereocenters. The number of alkyl halides is 23. The predicted octanol–water partition coefficient (Wildman–Crippen LogP) is 5.32. The fraction of sp³-hybridized carbons (Fsp3) is 0.933. The molecule has 4 N–H and O–H groups in total. The first-order chi connectivity index (χ1) is 18.3. The topological polar surface area (TPSA) is 98.0 Å². The second-order valence-electron chi connectivity index (χ2n) is 7.57. The summed E-state index contributed by atoms with van der Waals surface area (Å²) in [5, 5.41) is 31.6. The highest BCUT2D eigenvalue weighted by Crippen LogP contribution is 2.67. The van der Waals surface area contributed by atoms with E-state index >= 15 is 0 Å². The first kappa shape index (κ1) is 42.9. The van der Waals surface area contributed by atoms with Crippen LogP contribution in [0.3, 0.4) is 0 Å². The molecule has 0 aliphatic heterocycles. The van der Waals surface area contributed by atoms with Crippen molar-refractivity contribution in [2.45, 2.75) is 71.5 Å². The van der Waals surface area contributed by atoms with Crippen molar-refractivity contribution >= 4 is 5.97 Å². The molecule has 0 saturated heterocycles. The fourth-order valence-electron chi connectivity index (χ4n) is 1.95. The van der Waals surface area contributed by atoms with Crippen molar-refractivity contribution in [3.63, 3.8) is 0 Å². The summed E-state index contributed by atoms with van der Waals surface area (Å²) in [5.41, 5.74) is 0. The number of carboxylic acid groups (broad SMARTS) is 1. The van der Waals surface area contributed by atoms with Crippen LogP contribution in [0.4, 0.5) is 101 Å². The Labute approximate surface area is 218 Å². The van der Waals surface area contributed by atoms with Crippen molar-refractivity contribution < 1.29 is 126 Å². The molecule has 28 heteroatoms. The van der Waals surface area contributed by atoms with Gasteiger partial charge in [-0.3, -0.25) is 0 Å². The maximum atomic E-state index is 13.4. The molecule has 0 aliphatic carbocycles. The van der Waals surface area contributed by atoms with Gasteiger partial charge in [0.25, 0.3) is 0 Å². The third kappa shape index (κ3) is 5.92. The quantitative estimate of drug-likeness (QED) is 0.206. The zero-order chi connectivity index (χ0) is 36.1. The van der Waals surface area contributed by atoms with Gasteiger partial charge in [0.05, 0.1) is 13.2 Å². The third-order valence-corrected chi connectivity index (χ3v) is 4.60. The van der Waals surface area contributed by atoms with Crippen LogP contribution in [0.2, 0.25) is 0 Å². The molecule has 260 valence electrons. The molecule has 0 heterocycles. The predicted molar refractivity (Wildman–Crippen MR) is 83.3 cm³/mol. The zero-order valence-corrected chi connectivity index (χ0v) is 18.9. The lowest BCUT2D eigenvalue weighted by Crippen LogP contribution is -2.78. The Hall–Kier alpha value is -2.26. The molecule has 0 saturated carbocycles. The maximum absolute atomic E-state index is 13.4. The Morgan fingerprint density at radius 2 is 0.605 bits per heavy atom. The normalized spacial score (nSPS) is 15.8. The van der Waals surface area contributed by atoms with Gasteiger partial charge in [0.15, 0.2) is 0 Å². The highest BCUT2D eigenvalue weighted by atomic mass is 19.4. The number of aliphatic hydroxyl groups excluding tert-OH is 3. The summed E-state index contributed by atoms with van der Waals surface area (Å²) in [6.07, 6.45) is -9.08. The lowest BCUT2D eigenvalue weighted by molar-refractivity contribution is -0.477. The molecule has 0 rings (SSSR count). The van der Waals surface area contributed by atoms with Crippen molar-refractivity contribution in [3.05, 3.63) is 0 Å². The van der Waals surface area contributed by atoms with Crippen LogP contribution in [0.5, 0.6) is 0 Å². The first-order valence-electron chi connectivity index (χ1n) is 9.23. The molecular weight excluding hydrogens is 697 g/mol. The second-order valence-corrected chi connectivity index (χ2v) is 7.57. The van der Waals surface area contributed by atoms with E-state index in [1.54, 1.807) is 0 Å². The summed E-state index contributed by atoms with van der Waals surface area (Å²) >= 11 is 0. The van der Waals surface area contributed by atoms with Gasteiger partial charge in [0, 0.05) is 0 Å². The highest BCUT2D eigenvalue weighted by Gasteiger charge is 2.99. The van der Waals surface area contributed by atoms with Crippen molar-refractivity contribution in [2.75, 3.05) is 13.2 Å². The summed E-state index contributed by atoms with van der Waals surface area (Å²) in [6, 6.07) is 0. The molecule has 0 aromatic heterocycles. The van der Waals surface area contributed by atoms with Gasteiger partial charge in [-0.05, 0) is 0 Å². The van der Waals surface area contributed by atoms with Crippen molar-refractivity contribution in [1.82, 2.24) is 0 Å². The lowest BCUT2D eigenvalue weighted by Gasteiger charge is -2.44. The van der Waals surface area contributed by atoms with E-state index in [1.807, 2.05) is 0 Å². The number of hydrogen-bond acceptors (Lipinski definition) is 4. The largest absolute Gasteiger partial charge is 0.477 e.